The van der Waals surface area contributed by atoms with E-state index in [0.29, 0.717) is 11.3 Å². The summed E-state index contributed by atoms with van der Waals surface area (Å²) in [5.41, 5.74) is 0.545. The summed E-state index contributed by atoms with van der Waals surface area (Å²) < 4.78 is 5.34. The van der Waals surface area contributed by atoms with Crippen LogP contribution in [0.25, 0.3) is 0 Å². The van der Waals surface area contributed by atoms with Crippen molar-refractivity contribution in [3.8, 4) is 5.75 Å². The number of nitrogens with zero attached hydrogens (tertiary/aromatic N) is 1. The largest absolute Gasteiger partial charge is 0.492 e. The SMILES string of the molecule is O=C1c2ccccc2OC[C@H]1/C=N\O. The van der Waals surface area contributed by atoms with Crippen LogP contribution >= 0.6 is 0 Å². The molecule has 0 saturated heterocycles. The Bertz CT molecular complexity index is 387. The standard InChI is InChI=1S/C10H9NO3/c12-10-7(5-11-13)6-14-9-4-2-1-3-8(9)10/h1-5,7,13H,6H2/b11-5-/t7-/m1/s1. The summed E-state index contributed by atoms with van der Waals surface area (Å²) >= 11 is 0. The lowest BCUT2D eigenvalue weighted by Crippen LogP contribution is -2.28. The van der Waals surface area contributed by atoms with E-state index in [1.165, 1.54) is 6.21 Å². The van der Waals surface area contributed by atoms with Gasteiger partial charge < -0.3 is 9.94 Å². The number of Topliss-reactive ketones (excluding diaryl/α,β-unsaturated/α-hetero) is 1. The maximum atomic E-state index is 11.7. The smallest absolute Gasteiger partial charge is 0.178 e. The molecule has 72 valence electrons. The van der Waals surface area contributed by atoms with E-state index in [9.17, 15) is 4.79 Å². The van der Waals surface area contributed by atoms with Gasteiger partial charge in [-0.05, 0) is 12.1 Å². The zero-order valence-electron chi connectivity index (χ0n) is 7.38. The van der Waals surface area contributed by atoms with Crippen LogP contribution < -0.4 is 4.74 Å². The topological polar surface area (TPSA) is 58.9 Å². The molecule has 0 bridgehead atoms. The van der Waals surface area contributed by atoms with E-state index in [2.05, 4.69) is 5.16 Å². The number of fused-ring (bicyclic) bond motifs is 1. The highest BCUT2D eigenvalue weighted by Gasteiger charge is 2.27. The van der Waals surface area contributed by atoms with Gasteiger partial charge in [0, 0.05) is 0 Å². The highest BCUT2D eigenvalue weighted by Crippen LogP contribution is 2.25. The third-order valence-electron chi connectivity index (χ3n) is 2.15. The molecule has 0 spiro atoms. The fraction of sp³-hybridized carbons (Fsp3) is 0.200. The summed E-state index contributed by atoms with van der Waals surface area (Å²) in [6.45, 7) is 0.236. The second-order valence-corrected chi connectivity index (χ2v) is 3.04. The Morgan fingerprint density at radius 2 is 2.29 bits per heavy atom. The summed E-state index contributed by atoms with van der Waals surface area (Å²) in [6, 6.07) is 7.04. The number of oxime groups is 1. The van der Waals surface area contributed by atoms with E-state index in [-0.39, 0.29) is 12.4 Å². The van der Waals surface area contributed by atoms with Gasteiger partial charge in [0.1, 0.15) is 12.4 Å². The lowest BCUT2D eigenvalue weighted by Gasteiger charge is -2.20. The first-order chi connectivity index (χ1) is 6.83. The Morgan fingerprint density at radius 1 is 1.50 bits per heavy atom. The van der Waals surface area contributed by atoms with E-state index in [4.69, 9.17) is 9.94 Å². The number of hydrogen-bond acceptors (Lipinski definition) is 4. The maximum Gasteiger partial charge on any atom is 0.178 e. The predicted octanol–water partition coefficient (Wildman–Crippen LogP) is 1.34. The second-order valence-electron chi connectivity index (χ2n) is 3.04. The number of rotatable bonds is 1. The maximum absolute atomic E-state index is 11.7. The number of carbonyl (C=O) groups is 1. The van der Waals surface area contributed by atoms with Gasteiger partial charge in [0.05, 0.1) is 17.7 Å². The minimum Gasteiger partial charge on any atom is -0.492 e. The summed E-state index contributed by atoms with van der Waals surface area (Å²) in [7, 11) is 0. The van der Waals surface area contributed by atoms with Crippen molar-refractivity contribution in [1.82, 2.24) is 0 Å². The molecule has 0 aliphatic carbocycles. The van der Waals surface area contributed by atoms with Crippen molar-refractivity contribution in [2.75, 3.05) is 6.61 Å². The van der Waals surface area contributed by atoms with E-state index < -0.39 is 5.92 Å². The third-order valence-corrected chi connectivity index (χ3v) is 2.15. The van der Waals surface area contributed by atoms with Gasteiger partial charge in [-0.3, -0.25) is 4.79 Å². The van der Waals surface area contributed by atoms with Gasteiger partial charge in [-0.25, -0.2) is 0 Å². The fourth-order valence-electron chi connectivity index (χ4n) is 1.44. The molecule has 1 atom stereocenters. The Labute approximate surface area is 80.8 Å². The highest BCUT2D eigenvalue weighted by atomic mass is 16.5. The van der Waals surface area contributed by atoms with E-state index in [0.717, 1.165) is 0 Å². The molecule has 0 radical (unpaired) electrons. The molecule has 1 aromatic rings. The third kappa shape index (κ3) is 1.35. The van der Waals surface area contributed by atoms with Gasteiger partial charge in [0.25, 0.3) is 0 Å². The summed E-state index contributed by atoms with van der Waals surface area (Å²) in [5, 5.41) is 11.2. The first-order valence-corrected chi connectivity index (χ1v) is 4.26. The average molecular weight is 191 g/mol. The van der Waals surface area contributed by atoms with E-state index in [1.807, 2.05) is 6.07 Å². The Morgan fingerprint density at radius 3 is 3.07 bits per heavy atom. The summed E-state index contributed by atoms with van der Waals surface area (Å²) in [5.74, 6) is 0.0552. The lowest BCUT2D eigenvalue weighted by molar-refractivity contribution is 0.0889. The van der Waals surface area contributed by atoms with Crippen LogP contribution in [0.2, 0.25) is 0 Å². The van der Waals surface area contributed by atoms with Crippen molar-refractivity contribution >= 4 is 12.0 Å². The van der Waals surface area contributed by atoms with Crippen molar-refractivity contribution in [3.63, 3.8) is 0 Å². The first-order valence-electron chi connectivity index (χ1n) is 4.26. The van der Waals surface area contributed by atoms with E-state index in [1.54, 1.807) is 18.2 Å². The molecule has 4 nitrogen and oxygen atoms in total. The molecular weight excluding hydrogens is 182 g/mol. The number of ether oxygens (including phenoxy) is 1. The zero-order chi connectivity index (χ0) is 9.97. The quantitative estimate of drug-likeness (QED) is 0.414. The zero-order valence-corrected chi connectivity index (χ0v) is 7.38. The normalized spacial score (nSPS) is 20.6. The van der Waals surface area contributed by atoms with Gasteiger partial charge >= 0.3 is 0 Å². The lowest BCUT2D eigenvalue weighted by atomic mass is 9.96. The number of ketones is 1. The van der Waals surface area contributed by atoms with Crippen LogP contribution in [-0.4, -0.2) is 23.8 Å². The van der Waals surface area contributed by atoms with Gasteiger partial charge in [0.15, 0.2) is 5.78 Å². The fourth-order valence-corrected chi connectivity index (χ4v) is 1.44. The summed E-state index contributed by atoms with van der Waals surface area (Å²) in [6.07, 6.45) is 1.19. The van der Waals surface area contributed by atoms with Crippen LogP contribution in [0, 0.1) is 5.92 Å². The van der Waals surface area contributed by atoms with Crippen LogP contribution in [0.15, 0.2) is 29.4 Å². The molecule has 0 fully saturated rings. The van der Waals surface area contributed by atoms with Crippen LogP contribution in [0.3, 0.4) is 0 Å². The molecule has 1 aliphatic heterocycles. The van der Waals surface area contributed by atoms with Gasteiger partial charge in [-0.2, -0.15) is 0 Å². The molecule has 1 N–H and O–H groups in total. The van der Waals surface area contributed by atoms with Crippen LogP contribution in [0.4, 0.5) is 0 Å². The Kier molecular flexibility index (Phi) is 2.18. The van der Waals surface area contributed by atoms with Gasteiger partial charge in [0.2, 0.25) is 0 Å². The molecule has 0 amide bonds. The molecule has 2 rings (SSSR count). The minimum atomic E-state index is -0.477. The molecule has 0 aromatic heterocycles. The predicted molar refractivity (Wildman–Crippen MR) is 50.0 cm³/mol. The molecule has 1 heterocycles. The number of carbonyl (C=O) groups excluding carboxylic acids is 1. The van der Waals surface area contributed by atoms with Gasteiger partial charge in [-0.1, -0.05) is 12.1 Å². The molecular formula is C10H9NO3. The van der Waals surface area contributed by atoms with Gasteiger partial charge in [-0.15, -0.1) is 5.16 Å². The Balaban J connectivity index is 2.36. The average Bonchev–Trinajstić information content (AvgIpc) is 2.23. The second kappa shape index (κ2) is 3.49. The molecule has 14 heavy (non-hydrogen) atoms. The molecule has 4 heteroatoms. The van der Waals surface area contributed by atoms with E-state index >= 15 is 0 Å². The van der Waals surface area contributed by atoms with Crippen molar-refractivity contribution in [2.45, 2.75) is 0 Å². The van der Waals surface area contributed by atoms with Crippen molar-refractivity contribution < 1.29 is 14.7 Å². The monoisotopic (exact) mass is 191 g/mol. The summed E-state index contributed by atoms with van der Waals surface area (Å²) in [4.78, 5) is 11.7. The number of benzene rings is 1. The first kappa shape index (κ1) is 8.74. The molecule has 1 aromatic carbocycles. The Hall–Kier alpha value is -1.84. The number of hydrogen-bond donors (Lipinski definition) is 1. The molecule has 1 aliphatic rings. The highest BCUT2D eigenvalue weighted by molar-refractivity contribution is 6.08. The minimum absolute atomic E-state index is 0.0651. The molecule has 0 unspecified atom stereocenters. The van der Waals surface area contributed by atoms with Crippen LogP contribution in [0.1, 0.15) is 10.4 Å². The van der Waals surface area contributed by atoms with Crippen molar-refractivity contribution in [3.05, 3.63) is 29.8 Å². The van der Waals surface area contributed by atoms with Crippen molar-refractivity contribution in [1.29, 1.82) is 0 Å². The number of para-hydroxylation sites is 1. The molecule has 0 saturated carbocycles. The van der Waals surface area contributed by atoms with Crippen molar-refractivity contribution in [2.24, 2.45) is 11.1 Å². The van der Waals surface area contributed by atoms with Crippen LogP contribution in [0.5, 0.6) is 5.75 Å². The van der Waals surface area contributed by atoms with Crippen LogP contribution in [-0.2, 0) is 0 Å².